The third-order valence-electron chi connectivity index (χ3n) is 2.64. The Bertz CT molecular complexity index is 520. The van der Waals surface area contributed by atoms with Gasteiger partial charge in [0.2, 0.25) is 10.0 Å². The molecule has 0 amide bonds. The third-order valence-corrected chi connectivity index (χ3v) is 5.91. The summed E-state index contributed by atoms with van der Waals surface area (Å²) < 4.78 is 26.1. The van der Waals surface area contributed by atoms with Crippen LogP contribution in [-0.4, -0.2) is 37.8 Å². The van der Waals surface area contributed by atoms with Crippen molar-refractivity contribution < 1.29 is 8.42 Å². The molecule has 102 valence electrons. The van der Waals surface area contributed by atoms with Crippen molar-refractivity contribution in [3.63, 3.8) is 0 Å². The first-order chi connectivity index (χ1) is 8.30. The Morgan fingerprint density at radius 3 is 2.67 bits per heavy atom. The Labute approximate surface area is 118 Å². The summed E-state index contributed by atoms with van der Waals surface area (Å²) in [6.07, 6.45) is 1.93. The summed E-state index contributed by atoms with van der Waals surface area (Å²) in [6.45, 7) is 1.86. The zero-order valence-corrected chi connectivity index (χ0v) is 12.9. The number of hydrogen-bond acceptors (Lipinski definition) is 4. The van der Waals surface area contributed by atoms with Crippen LogP contribution in [0.25, 0.3) is 0 Å². The van der Waals surface area contributed by atoms with Gasteiger partial charge in [-0.15, -0.1) is 0 Å². The van der Waals surface area contributed by atoms with E-state index in [1.165, 1.54) is 16.4 Å². The molecule has 0 aliphatic heterocycles. The molecule has 0 saturated heterocycles. The minimum atomic E-state index is -3.61. The van der Waals surface area contributed by atoms with Crippen molar-refractivity contribution in [1.82, 2.24) is 4.31 Å². The van der Waals surface area contributed by atoms with Crippen LogP contribution in [0.4, 0.5) is 5.69 Å². The molecule has 1 unspecified atom stereocenters. The van der Waals surface area contributed by atoms with Crippen molar-refractivity contribution in [1.29, 1.82) is 0 Å². The van der Waals surface area contributed by atoms with Gasteiger partial charge in [-0.05, 0) is 31.4 Å². The molecule has 0 aromatic heterocycles. The number of nitrogens with zero attached hydrogens (tertiary/aromatic N) is 1. The summed E-state index contributed by atoms with van der Waals surface area (Å²) >= 11 is 7.53. The van der Waals surface area contributed by atoms with Gasteiger partial charge in [0.1, 0.15) is 4.90 Å². The Kier molecular flexibility index (Phi) is 5.33. The van der Waals surface area contributed by atoms with Crippen molar-refractivity contribution in [2.45, 2.75) is 17.9 Å². The van der Waals surface area contributed by atoms with E-state index in [2.05, 4.69) is 0 Å². The molecular weight excluding hydrogens is 292 g/mol. The molecule has 7 heteroatoms. The van der Waals surface area contributed by atoms with Gasteiger partial charge in [-0.3, -0.25) is 0 Å². The maximum absolute atomic E-state index is 12.4. The van der Waals surface area contributed by atoms with Gasteiger partial charge in [0.05, 0.1) is 5.02 Å². The third kappa shape index (κ3) is 3.32. The summed E-state index contributed by atoms with van der Waals surface area (Å²) in [7, 11) is -2.05. The zero-order chi connectivity index (χ0) is 13.9. The number of anilines is 1. The minimum Gasteiger partial charge on any atom is -0.399 e. The molecule has 0 bridgehead atoms. The number of nitrogens with two attached hydrogens (primary N) is 1. The monoisotopic (exact) mass is 308 g/mol. The van der Waals surface area contributed by atoms with Crippen molar-refractivity contribution >= 4 is 39.1 Å². The number of sulfonamides is 1. The molecule has 1 aromatic carbocycles. The van der Waals surface area contributed by atoms with E-state index in [0.717, 1.165) is 5.75 Å². The lowest BCUT2D eigenvalue weighted by atomic mass is 10.3. The number of benzene rings is 1. The first kappa shape index (κ1) is 15.6. The molecule has 1 aromatic rings. The molecule has 2 N–H and O–H groups in total. The van der Waals surface area contributed by atoms with E-state index in [9.17, 15) is 8.42 Å². The average Bonchev–Trinajstić information content (AvgIpc) is 2.31. The predicted octanol–water partition coefficient (Wildman–Crippen LogP) is 2.29. The average molecular weight is 309 g/mol. The summed E-state index contributed by atoms with van der Waals surface area (Å²) in [4.78, 5) is 0.0552. The fraction of sp³-hybridized carbons (Fsp3) is 0.455. The van der Waals surface area contributed by atoms with Crippen LogP contribution in [0.2, 0.25) is 5.02 Å². The van der Waals surface area contributed by atoms with E-state index in [4.69, 9.17) is 17.3 Å². The second-order valence-corrected chi connectivity index (χ2v) is 7.30. The van der Waals surface area contributed by atoms with E-state index in [1.807, 2.05) is 13.2 Å². The fourth-order valence-corrected chi connectivity index (χ4v) is 4.12. The summed E-state index contributed by atoms with van der Waals surface area (Å²) in [5.74, 6) is 0.718. The molecule has 1 rings (SSSR count). The maximum Gasteiger partial charge on any atom is 0.244 e. The fourth-order valence-electron chi connectivity index (χ4n) is 1.46. The Hall–Kier alpha value is -0.430. The molecule has 0 aliphatic carbocycles. The van der Waals surface area contributed by atoms with Gasteiger partial charge in [-0.1, -0.05) is 11.6 Å². The van der Waals surface area contributed by atoms with E-state index in [1.54, 1.807) is 24.9 Å². The van der Waals surface area contributed by atoms with Crippen LogP contribution in [0.15, 0.2) is 23.1 Å². The number of halogens is 1. The molecule has 18 heavy (non-hydrogen) atoms. The largest absolute Gasteiger partial charge is 0.399 e. The van der Waals surface area contributed by atoms with Crippen molar-refractivity contribution in [3.05, 3.63) is 23.2 Å². The zero-order valence-electron chi connectivity index (χ0n) is 10.6. The molecule has 0 saturated carbocycles. The van der Waals surface area contributed by atoms with E-state index < -0.39 is 10.0 Å². The van der Waals surface area contributed by atoms with Crippen LogP contribution in [0.5, 0.6) is 0 Å². The number of hydrogen-bond donors (Lipinski definition) is 1. The molecule has 1 atom stereocenters. The van der Waals surface area contributed by atoms with Gasteiger partial charge in [-0.25, -0.2) is 8.42 Å². The standard InChI is InChI=1S/C11H17ClN2O2S2/c1-8(7-17-3)14(2)18(15,16)11-6-9(13)4-5-10(11)12/h4-6,8H,7,13H2,1-3H3. The molecule has 0 spiro atoms. The van der Waals surface area contributed by atoms with Gasteiger partial charge in [0, 0.05) is 24.5 Å². The lowest BCUT2D eigenvalue weighted by Crippen LogP contribution is -2.36. The first-order valence-corrected chi connectivity index (χ1v) is 8.54. The highest BCUT2D eigenvalue weighted by Crippen LogP contribution is 2.27. The predicted molar refractivity (Wildman–Crippen MR) is 78.7 cm³/mol. The van der Waals surface area contributed by atoms with Crippen LogP contribution in [0.1, 0.15) is 6.92 Å². The van der Waals surface area contributed by atoms with Crippen LogP contribution in [-0.2, 0) is 10.0 Å². The molecular formula is C11H17ClN2O2S2. The smallest absolute Gasteiger partial charge is 0.244 e. The molecule has 0 heterocycles. The molecule has 4 nitrogen and oxygen atoms in total. The number of rotatable bonds is 5. The number of thioether (sulfide) groups is 1. The van der Waals surface area contributed by atoms with Gasteiger partial charge in [-0.2, -0.15) is 16.1 Å². The van der Waals surface area contributed by atoms with E-state index in [-0.39, 0.29) is 16.0 Å². The van der Waals surface area contributed by atoms with Crippen molar-refractivity contribution in [2.75, 3.05) is 24.8 Å². The van der Waals surface area contributed by atoms with E-state index in [0.29, 0.717) is 5.69 Å². The van der Waals surface area contributed by atoms with Gasteiger partial charge >= 0.3 is 0 Å². The summed E-state index contributed by atoms with van der Waals surface area (Å²) in [6, 6.07) is 4.35. The first-order valence-electron chi connectivity index (χ1n) is 5.32. The quantitative estimate of drug-likeness (QED) is 0.848. The van der Waals surface area contributed by atoms with Crippen molar-refractivity contribution in [3.8, 4) is 0 Å². The van der Waals surface area contributed by atoms with Gasteiger partial charge < -0.3 is 5.73 Å². The molecule has 0 aliphatic rings. The SMILES string of the molecule is CSCC(C)N(C)S(=O)(=O)c1cc(N)ccc1Cl. The Balaban J connectivity index is 3.17. The highest BCUT2D eigenvalue weighted by molar-refractivity contribution is 7.98. The highest BCUT2D eigenvalue weighted by Gasteiger charge is 2.27. The van der Waals surface area contributed by atoms with Crippen LogP contribution in [0, 0.1) is 0 Å². The summed E-state index contributed by atoms with van der Waals surface area (Å²) in [5.41, 5.74) is 5.99. The van der Waals surface area contributed by atoms with Crippen LogP contribution < -0.4 is 5.73 Å². The normalized spacial score (nSPS) is 13.8. The lowest BCUT2D eigenvalue weighted by Gasteiger charge is -2.24. The number of nitrogen functional groups attached to an aromatic ring is 1. The van der Waals surface area contributed by atoms with Gasteiger partial charge in [0.15, 0.2) is 0 Å². The van der Waals surface area contributed by atoms with Crippen LogP contribution >= 0.6 is 23.4 Å². The maximum atomic E-state index is 12.4. The second-order valence-electron chi connectivity index (χ2n) is 4.02. The Morgan fingerprint density at radius 1 is 1.50 bits per heavy atom. The lowest BCUT2D eigenvalue weighted by molar-refractivity contribution is 0.415. The molecule has 0 radical (unpaired) electrons. The van der Waals surface area contributed by atoms with Crippen molar-refractivity contribution in [2.24, 2.45) is 0 Å². The molecule has 0 fully saturated rings. The van der Waals surface area contributed by atoms with E-state index >= 15 is 0 Å². The highest BCUT2D eigenvalue weighted by atomic mass is 35.5. The van der Waals surface area contributed by atoms with Gasteiger partial charge in [0.25, 0.3) is 0 Å². The van der Waals surface area contributed by atoms with Crippen LogP contribution in [0.3, 0.4) is 0 Å². The summed E-state index contributed by atoms with van der Waals surface area (Å²) in [5, 5.41) is 0.187. The minimum absolute atomic E-state index is 0.0552. The second kappa shape index (κ2) is 6.14. The Morgan fingerprint density at radius 2 is 2.11 bits per heavy atom. The topological polar surface area (TPSA) is 63.4 Å².